The number of piperidine rings is 1. The maximum atomic E-state index is 13.7. The van der Waals surface area contributed by atoms with Crippen molar-refractivity contribution < 1.29 is 23.6 Å². The summed E-state index contributed by atoms with van der Waals surface area (Å²) in [5.41, 5.74) is 2.41. The number of ether oxygens (including phenoxy) is 1. The van der Waals surface area contributed by atoms with E-state index in [9.17, 15) is 18.9 Å². The number of hydrogen-bond donors (Lipinski definition) is 1. The molecule has 0 aliphatic carbocycles. The molecule has 0 unspecified atom stereocenters. The lowest BCUT2D eigenvalue weighted by atomic mass is 9.90. The van der Waals surface area contributed by atoms with Crippen LogP contribution in [0.2, 0.25) is 0 Å². The van der Waals surface area contributed by atoms with Gasteiger partial charge in [0, 0.05) is 50.4 Å². The van der Waals surface area contributed by atoms with Crippen LogP contribution in [-0.2, 0) is 13.5 Å². The molecule has 3 aromatic rings. The molecule has 9 nitrogen and oxygen atoms in total. The number of nitrogens with zero attached hydrogens (tertiary/aromatic N) is 4. The molecule has 2 aliphatic rings. The average Bonchev–Trinajstić information content (AvgIpc) is 3.29. The molecule has 1 N–H and O–H groups in total. The lowest BCUT2D eigenvalue weighted by molar-refractivity contribution is -0.638. The van der Waals surface area contributed by atoms with Gasteiger partial charge in [-0.25, -0.2) is 9.18 Å². The number of halogens is 1. The van der Waals surface area contributed by atoms with Crippen LogP contribution in [0.3, 0.4) is 0 Å². The Kier molecular flexibility index (Phi) is 7.89. The van der Waals surface area contributed by atoms with Crippen LogP contribution in [0, 0.1) is 16.6 Å². The molecule has 2 aliphatic heterocycles. The summed E-state index contributed by atoms with van der Waals surface area (Å²) in [6, 6.07) is 10.00. The zero-order valence-electron chi connectivity index (χ0n) is 23.5. The molecule has 2 saturated heterocycles. The van der Waals surface area contributed by atoms with Crippen molar-refractivity contribution in [2.45, 2.75) is 45.2 Å². The summed E-state index contributed by atoms with van der Waals surface area (Å²) in [6.45, 7) is 6.12. The van der Waals surface area contributed by atoms with Gasteiger partial charge >= 0.3 is 5.91 Å². The van der Waals surface area contributed by atoms with Crippen LogP contribution in [0.25, 0.3) is 10.9 Å². The number of methoxy groups -OCH3 is 1. The lowest BCUT2D eigenvalue weighted by Crippen LogP contribution is -2.58. The number of rotatable bonds is 6. The summed E-state index contributed by atoms with van der Waals surface area (Å²) < 4.78 is 20.6. The van der Waals surface area contributed by atoms with E-state index in [4.69, 9.17) is 4.74 Å². The number of benzene rings is 2. The Balaban J connectivity index is 1.36. The number of piperazine rings is 1. The number of nitrogens with one attached hydrogen (secondary N) is 1. The van der Waals surface area contributed by atoms with Crippen molar-refractivity contribution in [2.75, 3.05) is 33.3 Å². The van der Waals surface area contributed by atoms with Crippen molar-refractivity contribution in [1.29, 1.82) is 0 Å². The molecule has 0 saturated carbocycles. The predicted octanol–water partition coefficient (Wildman–Crippen LogP) is 3.94. The Bertz CT molecular complexity index is 1430. The second-order valence-electron chi connectivity index (χ2n) is 11.1. The summed E-state index contributed by atoms with van der Waals surface area (Å²) in [5, 5.41) is 5.41. The monoisotopic (exact) mass is 550 g/mol. The number of aromatic nitrogens is 1. The molecule has 1 aromatic heterocycles. The van der Waals surface area contributed by atoms with Crippen LogP contribution in [0.1, 0.15) is 53.0 Å². The van der Waals surface area contributed by atoms with Gasteiger partial charge in [0.15, 0.2) is 0 Å². The van der Waals surface area contributed by atoms with Crippen molar-refractivity contribution in [1.82, 2.24) is 19.8 Å². The number of nitroso groups, excluding NO2 is 1. The highest BCUT2D eigenvalue weighted by molar-refractivity contribution is 6.08. The van der Waals surface area contributed by atoms with Crippen LogP contribution in [0.4, 0.5) is 4.39 Å². The van der Waals surface area contributed by atoms with E-state index in [1.165, 1.54) is 19.2 Å². The minimum atomic E-state index is -0.656. The van der Waals surface area contributed by atoms with Gasteiger partial charge in [-0.3, -0.25) is 4.79 Å². The predicted molar refractivity (Wildman–Crippen MR) is 150 cm³/mol. The zero-order valence-corrected chi connectivity index (χ0v) is 23.5. The van der Waals surface area contributed by atoms with E-state index < -0.39 is 5.91 Å². The fraction of sp³-hybridized carbons (Fsp3) is 0.467. The Hall–Kier alpha value is -3.79. The maximum Gasteiger partial charge on any atom is 0.499 e. The largest absolute Gasteiger partial charge is 0.499 e. The molecule has 40 heavy (non-hydrogen) atoms. The maximum absolute atomic E-state index is 13.7. The molecule has 2 amide bonds. The van der Waals surface area contributed by atoms with Gasteiger partial charge in [-0.1, -0.05) is 12.1 Å². The smallest absolute Gasteiger partial charge is 0.496 e. The standard InChI is InChI=1S/C30H37FN5O4/c1-19-17-35(20(2)16-32-19)36(39)30(38)26-18-33(3)27-15-28(40-4)25(14-24(26)27)29(37)34-11-9-22(10-12-34)13-21-5-7-23(31)8-6-21/h5-8,14-15,18-20,22,32H,9-13,16-17H2,1-4H3/q+1/t19-,20+/m1/s1. The van der Waals surface area contributed by atoms with E-state index in [1.807, 2.05) is 30.9 Å². The second-order valence-corrected chi connectivity index (χ2v) is 11.1. The number of fused-ring (bicyclic) bond motifs is 1. The first-order valence-electron chi connectivity index (χ1n) is 13.9. The van der Waals surface area contributed by atoms with E-state index >= 15 is 0 Å². The van der Waals surface area contributed by atoms with Crippen molar-refractivity contribution in [2.24, 2.45) is 13.0 Å². The summed E-state index contributed by atoms with van der Waals surface area (Å²) in [4.78, 5) is 42.7. The van der Waals surface area contributed by atoms with E-state index in [-0.39, 0.29) is 29.4 Å². The van der Waals surface area contributed by atoms with Crippen LogP contribution < -0.4 is 10.1 Å². The fourth-order valence-electron chi connectivity index (χ4n) is 5.86. The third-order valence-corrected chi connectivity index (χ3v) is 8.25. The third kappa shape index (κ3) is 5.45. The van der Waals surface area contributed by atoms with E-state index in [0.717, 1.165) is 24.8 Å². The zero-order chi connectivity index (χ0) is 28.6. The highest BCUT2D eigenvalue weighted by atomic mass is 19.1. The molecular formula is C30H37FN5O4+. The van der Waals surface area contributed by atoms with Crippen LogP contribution in [0.15, 0.2) is 42.6 Å². The normalized spacial score (nSPS) is 20.1. The van der Waals surface area contributed by atoms with E-state index in [2.05, 4.69) is 5.32 Å². The number of carbonyl (C=O) groups is 2. The molecule has 212 valence electrons. The molecule has 0 bridgehead atoms. The van der Waals surface area contributed by atoms with E-state index in [1.54, 1.807) is 35.0 Å². The molecular weight excluding hydrogens is 513 g/mol. The van der Waals surface area contributed by atoms with Gasteiger partial charge in [-0.05, 0) is 62.8 Å². The lowest BCUT2D eigenvalue weighted by Gasteiger charge is -2.32. The number of amides is 2. The topological polar surface area (TPSA) is 86.9 Å². The first-order valence-corrected chi connectivity index (χ1v) is 13.9. The van der Waals surface area contributed by atoms with Crippen molar-refractivity contribution in [3.8, 4) is 5.75 Å². The summed E-state index contributed by atoms with van der Waals surface area (Å²) >= 11 is 0. The number of aryl methyl sites for hydroxylation is 1. The van der Waals surface area contributed by atoms with Crippen LogP contribution in [-0.4, -0.2) is 76.5 Å². The minimum Gasteiger partial charge on any atom is -0.496 e. The first-order chi connectivity index (χ1) is 19.2. The van der Waals surface area contributed by atoms with Gasteiger partial charge in [-0.2, -0.15) is 0 Å². The number of hydrazine groups is 1. The third-order valence-electron chi connectivity index (χ3n) is 8.25. The second kappa shape index (κ2) is 11.4. The van der Waals surface area contributed by atoms with Crippen molar-refractivity contribution in [3.05, 3.63) is 70.0 Å². The van der Waals surface area contributed by atoms with Gasteiger partial charge in [0.1, 0.15) is 17.1 Å². The van der Waals surface area contributed by atoms with Gasteiger partial charge < -0.3 is 19.5 Å². The van der Waals surface area contributed by atoms with Crippen molar-refractivity contribution >= 4 is 22.7 Å². The Labute approximate surface area is 233 Å². The van der Waals surface area contributed by atoms with Gasteiger partial charge in [0.2, 0.25) is 4.87 Å². The van der Waals surface area contributed by atoms with Crippen LogP contribution >= 0.6 is 0 Å². The molecule has 0 radical (unpaired) electrons. The minimum absolute atomic E-state index is 0.0845. The quantitative estimate of drug-likeness (QED) is 0.468. The Morgan fingerprint density at radius 1 is 1.10 bits per heavy atom. The SMILES string of the molecule is COc1cc2c(cc1C(=O)N1CCC(Cc3ccc(F)cc3)CC1)c(C(=O)[N+](=O)N1C[C@@H](C)NC[C@@H]1C)cn2C. The van der Waals surface area contributed by atoms with Gasteiger partial charge in [0.25, 0.3) is 5.91 Å². The van der Waals surface area contributed by atoms with Crippen molar-refractivity contribution in [3.63, 3.8) is 0 Å². The van der Waals surface area contributed by atoms with Gasteiger partial charge in [0.05, 0.1) is 35.7 Å². The number of hydrogen-bond acceptors (Lipinski definition) is 5. The molecule has 3 heterocycles. The Morgan fingerprint density at radius 3 is 2.48 bits per heavy atom. The first kappa shape index (κ1) is 27.8. The molecule has 5 rings (SSSR count). The number of likely N-dealkylation sites (tertiary alicyclic amines) is 1. The highest BCUT2D eigenvalue weighted by Crippen LogP contribution is 2.32. The average molecular weight is 551 g/mol. The molecule has 0 spiro atoms. The highest BCUT2D eigenvalue weighted by Gasteiger charge is 2.40. The van der Waals surface area contributed by atoms with Gasteiger partial charge in [-0.15, -0.1) is 5.01 Å². The molecule has 2 fully saturated rings. The summed E-state index contributed by atoms with van der Waals surface area (Å²) in [6.07, 6.45) is 4.18. The van der Waals surface area contributed by atoms with E-state index in [0.29, 0.717) is 59.2 Å². The fourth-order valence-corrected chi connectivity index (χ4v) is 5.86. The Morgan fingerprint density at radius 2 is 1.80 bits per heavy atom. The number of carbonyl (C=O) groups excluding carboxylic acids is 2. The molecule has 2 atom stereocenters. The summed E-state index contributed by atoms with van der Waals surface area (Å²) in [7, 11) is 3.32. The summed E-state index contributed by atoms with van der Waals surface area (Å²) in [5.74, 6) is -0.221. The molecule has 2 aromatic carbocycles. The van der Waals surface area contributed by atoms with Crippen LogP contribution in [0.5, 0.6) is 5.75 Å². The molecule has 10 heteroatoms.